The maximum absolute atomic E-state index is 12.4. The zero-order valence-corrected chi connectivity index (χ0v) is 9.74. The fraction of sp³-hybridized carbons (Fsp3) is 0.556. The molecule has 0 spiro atoms. The zero-order chi connectivity index (χ0) is 12.6. The normalized spacial score (nSPS) is 12.7. The third kappa shape index (κ3) is 3.84. The predicted octanol–water partition coefficient (Wildman–Crippen LogP) is 3.36. The molecule has 7 heteroatoms. The van der Waals surface area contributed by atoms with Gasteiger partial charge in [-0.15, -0.1) is 0 Å². The molecule has 0 saturated carbocycles. The number of rotatable bonds is 1. The van der Waals surface area contributed by atoms with Gasteiger partial charge in [-0.05, 0) is 32.4 Å². The lowest BCUT2D eigenvalue weighted by Crippen LogP contribution is -2.27. The SMILES string of the molecule is CC(C)(C)Nc1cc(C(F)(F)F)nc(Cl)n1. The van der Waals surface area contributed by atoms with Crippen LogP contribution in [-0.2, 0) is 6.18 Å². The topological polar surface area (TPSA) is 37.8 Å². The van der Waals surface area contributed by atoms with Gasteiger partial charge in [-0.1, -0.05) is 0 Å². The molecule has 3 nitrogen and oxygen atoms in total. The maximum Gasteiger partial charge on any atom is 0.433 e. The predicted molar refractivity (Wildman–Crippen MR) is 55.4 cm³/mol. The molecule has 0 unspecified atom stereocenters. The van der Waals surface area contributed by atoms with Crippen LogP contribution < -0.4 is 5.32 Å². The highest BCUT2D eigenvalue weighted by molar-refractivity contribution is 6.28. The molecule has 0 saturated heterocycles. The monoisotopic (exact) mass is 253 g/mol. The summed E-state index contributed by atoms with van der Waals surface area (Å²) in [6.45, 7) is 5.41. The molecule has 1 N–H and O–H groups in total. The summed E-state index contributed by atoms with van der Waals surface area (Å²) in [5.41, 5.74) is -1.46. The quantitative estimate of drug-likeness (QED) is 0.780. The van der Waals surface area contributed by atoms with Crippen molar-refractivity contribution in [2.45, 2.75) is 32.5 Å². The second-order valence-electron chi connectivity index (χ2n) is 4.28. The van der Waals surface area contributed by atoms with Crippen molar-refractivity contribution in [3.05, 3.63) is 17.0 Å². The summed E-state index contributed by atoms with van der Waals surface area (Å²) in [4.78, 5) is 6.80. The Balaban J connectivity index is 3.09. The Morgan fingerprint density at radius 1 is 1.19 bits per heavy atom. The average Bonchev–Trinajstić information content (AvgIpc) is 1.97. The van der Waals surface area contributed by atoms with Gasteiger partial charge < -0.3 is 5.32 Å². The van der Waals surface area contributed by atoms with E-state index in [-0.39, 0.29) is 5.82 Å². The number of aromatic nitrogens is 2. The summed E-state index contributed by atoms with van der Waals surface area (Å²) < 4.78 is 37.2. The van der Waals surface area contributed by atoms with Crippen molar-refractivity contribution in [2.75, 3.05) is 5.32 Å². The van der Waals surface area contributed by atoms with Crippen molar-refractivity contribution < 1.29 is 13.2 Å². The molecule has 0 aliphatic heterocycles. The van der Waals surface area contributed by atoms with Gasteiger partial charge in [-0.3, -0.25) is 0 Å². The van der Waals surface area contributed by atoms with E-state index in [4.69, 9.17) is 11.6 Å². The molecule has 1 aromatic heterocycles. The minimum atomic E-state index is -4.53. The molecule has 0 aromatic carbocycles. The molecule has 16 heavy (non-hydrogen) atoms. The lowest BCUT2D eigenvalue weighted by molar-refractivity contribution is -0.141. The fourth-order valence-electron chi connectivity index (χ4n) is 1.01. The third-order valence-electron chi connectivity index (χ3n) is 1.49. The summed E-state index contributed by atoms with van der Waals surface area (Å²) in [5.74, 6) is 0.0554. The first-order chi connectivity index (χ1) is 7.08. The van der Waals surface area contributed by atoms with Crippen LogP contribution in [0.2, 0.25) is 5.28 Å². The summed E-state index contributed by atoms with van der Waals surface area (Å²) in [6.07, 6.45) is -4.53. The number of hydrogen-bond donors (Lipinski definition) is 1. The molecule has 0 fully saturated rings. The van der Waals surface area contributed by atoms with Gasteiger partial charge in [0, 0.05) is 11.6 Å². The van der Waals surface area contributed by atoms with Crippen LogP contribution >= 0.6 is 11.6 Å². The van der Waals surface area contributed by atoms with Gasteiger partial charge in [0.25, 0.3) is 0 Å². The van der Waals surface area contributed by atoms with E-state index in [2.05, 4.69) is 15.3 Å². The van der Waals surface area contributed by atoms with Crippen molar-refractivity contribution >= 4 is 17.4 Å². The van der Waals surface area contributed by atoms with Crippen molar-refractivity contribution in [1.29, 1.82) is 0 Å². The minimum absolute atomic E-state index is 0.0554. The molecular formula is C9H11ClF3N3. The van der Waals surface area contributed by atoms with E-state index in [1.165, 1.54) is 0 Å². The Kier molecular flexibility index (Phi) is 3.33. The molecular weight excluding hydrogens is 243 g/mol. The van der Waals surface area contributed by atoms with E-state index in [0.29, 0.717) is 0 Å². The van der Waals surface area contributed by atoms with Gasteiger partial charge in [-0.25, -0.2) is 9.97 Å². The average molecular weight is 254 g/mol. The largest absolute Gasteiger partial charge is 0.433 e. The number of halogens is 4. The van der Waals surface area contributed by atoms with Crippen LogP contribution in [0.1, 0.15) is 26.5 Å². The first kappa shape index (κ1) is 13.0. The molecule has 0 aliphatic rings. The smallest absolute Gasteiger partial charge is 0.365 e. The fourth-order valence-corrected chi connectivity index (χ4v) is 1.19. The molecule has 0 bridgehead atoms. The Bertz CT molecular complexity index is 385. The number of nitrogens with one attached hydrogen (secondary N) is 1. The molecule has 90 valence electrons. The second-order valence-corrected chi connectivity index (χ2v) is 4.62. The van der Waals surface area contributed by atoms with Crippen LogP contribution in [0.3, 0.4) is 0 Å². The van der Waals surface area contributed by atoms with Gasteiger partial charge in [0.1, 0.15) is 5.82 Å². The Morgan fingerprint density at radius 3 is 2.19 bits per heavy atom. The molecule has 1 heterocycles. The molecule has 1 aromatic rings. The molecule has 0 radical (unpaired) electrons. The van der Waals surface area contributed by atoms with E-state index in [0.717, 1.165) is 6.07 Å². The van der Waals surface area contributed by atoms with Crippen LogP contribution in [0, 0.1) is 0 Å². The molecule has 0 atom stereocenters. The Morgan fingerprint density at radius 2 is 1.75 bits per heavy atom. The van der Waals surface area contributed by atoms with E-state index in [1.54, 1.807) is 20.8 Å². The maximum atomic E-state index is 12.4. The first-order valence-corrected chi connectivity index (χ1v) is 4.86. The number of hydrogen-bond acceptors (Lipinski definition) is 3. The van der Waals surface area contributed by atoms with Crippen LogP contribution in [-0.4, -0.2) is 15.5 Å². The first-order valence-electron chi connectivity index (χ1n) is 4.48. The molecule has 0 amide bonds. The van der Waals surface area contributed by atoms with Crippen LogP contribution in [0.15, 0.2) is 6.07 Å². The van der Waals surface area contributed by atoms with E-state index < -0.39 is 22.7 Å². The van der Waals surface area contributed by atoms with Gasteiger partial charge in [0.2, 0.25) is 5.28 Å². The van der Waals surface area contributed by atoms with Crippen LogP contribution in [0.25, 0.3) is 0 Å². The second kappa shape index (κ2) is 4.08. The van der Waals surface area contributed by atoms with Gasteiger partial charge in [-0.2, -0.15) is 13.2 Å². The number of alkyl halides is 3. The summed E-state index contributed by atoms with van der Waals surface area (Å²) in [7, 11) is 0. The lowest BCUT2D eigenvalue weighted by Gasteiger charge is -2.21. The van der Waals surface area contributed by atoms with Crippen molar-refractivity contribution in [2.24, 2.45) is 0 Å². The van der Waals surface area contributed by atoms with E-state index in [9.17, 15) is 13.2 Å². The van der Waals surface area contributed by atoms with E-state index >= 15 is 0 Å². The standard InChI is InChI=1S/C9H11ClF3N3/c1-8(2,3)16-6-4-5(9(11,12)13)14-7(10)15-6/h4H,1-3H3,(H,14,15,16). The number of anilines is 1. The molecule has 1 rings (SSSR count). The highest BCUT2D eigenvalue weighted by Crippen LogP contribution is 2.30. The van der Waals surface area contributed by atoms with E-state index in [1.807, 2.05) is 0 Å². The Labute approximate surface area is 96.0 Å². The van der Waals surface area contributed by atoms with Crippen molar-refractivity contribution in [3.8, 4) is 0 Å². The summed E-state index contributed by atoms with van der Waals surface area (Å²) in [5, 5.41) is 2.37. The highest BCUT2D eigenvalue weighted by Gasteiger charge is 2.33. The van der Waals surface area contributed by atoms with Gasteiger partial charge in [0.05, 0.1) is 0 Å². The zero-order valence-electron chi connectivity index (χ0n) is 8.98. The van der Waals surface area contributed by atoms with Crippen LogP contribution in [0.4, 0.5) is 19.0 Å². The molecule has 0 aliphatic carbocycles. The highest BCUT2D eigenvalue weighted by atomic mass is 35.5. The lowest BCUT2D eigenvalue weighted by atomic mass is 10.1. The van der Waals surface area contributed by atoms with Crippen LogP contribution in [0.5, 0.6) is 0 Å². The third-order valence-corrected chi connectivity index (χ3v) is 1.66. The number of nitrogens with zero attached hydrogens (tertiary/aromatic N) is 2. The summed E-state index contributed by atoms with van der Waals surface area (Å²) in [6, 6.07) is 0.830. The van der Waals surface area contributed by atoms with Gasteiger partial charge >= 0.3 is 6.18 Å². The van der Waals surface area contributed by atoms with Crippen molar-refractivity contribution in [1.82, 2.24) is 9.97 Å². The van der Waals surface area contributed by atoms with Crippen molar-refractivity contribution in [3.63, 3.8) is 0 Å². The Hall–Kier alpha value is -1.04. The summed E-state index contributed by atoms with van der Waals surface area (Å²) >= 11 is 5.42. The minimum Gasteiger partial charge on any atom is -0.365 e. The van der Waals surface area contributed by atoms with Gasteiger partial charge in [0.15, 0.2) is 5.69 Å².